The van der Waals surface area contributed by atoms with E-state index in [9.17, 15) is 9.59 Å². The third-order valence-electron chi connectivity index (χ3n) is 4.24. The number of rotatable bonds is 7. The van der Waals surface area contributed by atoms with Gasteiger partial charge in [-0.05, 0) is 24.7 Å². The van der Waals surface area contributed by atoms with Crippen LogP contribution in [0.4, 0.5) is 9.59 Å². The average Bonchev–Trinajstić information content (AvgIpc) is 2.48. The van der Waals surface area contributed by atoms with E-state index < -0.39 is 0 Å². The molecule has 6 nitrogen and oxygen atoms in total. The van der Waals surface area contributed by atoms with Gasteiger partial charge in [0.05, 0.1) is 0 Å². The fourth-order valence-corrected chi connectivity index (χ4v) is 2.84. The summed E-state index contributed by atoms with van der Waals surface area (Å²) >= 11 is 0. The molecule has 21 heavy (non-hydrogen) atoms. The van der Waals surface area contributed by atoms with E-state index in [-0.39, 0.29) is 12.1 Å². The second-order valence-electron chi connectivity index (χ2n) is 5.85. The van der Waals surface area contributed by atoms with Crippen molar-refractivity contribution in [3.05, 3.63) is 0 Å². The molecule has 1 aliphatic carbocycles. The van der Waals surface area contributed by atoms with Crippen molar-refractivity contribution in [2.45, 2.75) is 45.4 Å². The molecule has 1 saturated carbocycles. The van der Waals surface area contributed by atoms with E-state index in [1.807, 2.05) is 0 Å². The van der Waals surface area contributed by atoms with Crippen LogP contribution >= 0.6 is 0 Å². The maximum Gasteiger partial charge on any atom is 0.314 e. The number of hydrogen-bond donors (Lipinski definition) is 4. The van der Waals surface area contributed by atoms with E-state index in [0.29, 0.717) is 13.1 Å². The van der Waals surface area contributed by atoms with E-state index in [0.717, 1.165) is 31.2 Å². The maximum atomic E-state index is 11.6. The minimum atomic E-state index is -0.193. The first-order valence-electron chi connectivity index (χ1n) is 8.10. The molecule has 1 fully saturated rings. The summed E-state index contributed by atoms with van der Waals surface area (Å²) in [6, 6.07) is -0.306. The minimum Gasteiger partial charge on any atom is -0.341 e. The van der Waals surface area contributed by atoms with Gasteiger partial charge in [-0.15, -0.1) is 0 Å². The predicted octanol–water partition coefficient (Wildman–Crippen LogP) is 1.82. The zero-order valence-electron chi connectivity index (χ0n) is 13.3. The van der Waals surface area contributed by atoms with Crippen LogP contribution in [0.25, 0.3) is 0 Å². The Kier molecular flexibility index (Phi) is 8.62. The minimum absolute atomic E-state index is 0.113. The van der Waals surface area contributed by atoms with Gasteiger partial charge in [-0.3, -0.25) is 0 Å². The molecule has 4 N–H and O–H groups in total. The van der Waals surface area contributed by atoms with E-state index in [2.05, 4.69) is 28.2 Å². The van der Waals surface area contributed by atoms with Gasteiger partial charge < -0.3 is 21.3 Å². The topological polar surface area (TPSA) is 82.3 Å². The maximum absolute atomic E-state index is 11.6. The number of amides is 4. The molecule has 0 spiro atoms. The van der Waals surface area contributed by atoms with Gasteiger partial charge in [-0.2, -0.15) is 0 Å². The van der Waals surface area contributed by atoms with Crippen LogP contribution in [0.1, 0.15) is 45.4 Å². The van der Waals surface area contributed by atoms with Crippen molar-refractivity contribution in [1.82, 2.24) is 21.3 Å². The van der Waals surface area contributed by atoms with Crippen molar-refractivity contribution < 1.29 is 9.59 Å². The highest BCUT2D eigenvalue weighted by Gasteiger charge is 2.20. The summed E-state index contributed by atoms with van der Waals surface area (Å²) < 4.78 is 0. The Morgan fingerprint density at radius 3 is 2.24 bits per heavy atom. The van der Waals surface area contributed by atoms with Crippen LogP contribution in [0.15, 0.2) is 0 Å². The molecule has 6 heteroatoms. The van der Waals surface area contributed by atoms with Gasteiger partial charge in [0.25, 0.3) is 0 Å². The first kappa shape index (κ1) is 17.6. The monoisotopic (exact) mass is 298 g/mol. The Labute approximate surface area is 127 Å². The summed E-state index contributed by atoms with van der Waals surface area (Å²) in [6.07, 6.45) is 7.12. The fraction of sp³-hybridized carbons (Fsp3) is 0.867. The lowest BCUT2D eigenvalue weighted by molar-refractivity contribution is 0.227. The van der Waals surface area contributed by atoms with Crippen molar-refractivity contribution >= 4 is 12.1 Å². The van der Waals surface area contributed by atoms with Gasteiger partial charge in [-0.1, -0.05) is 32.6 Å². The normalized spacial score (nSPS) is 21.4. The largest absolute Gasteiger partial charge is 0.341 e. The van der Waals surface area contributed by atoms with Gasteiger partial charge >= 0.3 is 12.1 Å². The zero-order valence-corrected chi connectivity index (χ0v) is 13.3. The zero-order chi connectivity index (χ0) is 15.5. The van der Waals surface area contributed by atoms with Gasteiger partial charge in [-0.25, -0.2) is 9.59 Å². The first-order chi connectivity index (χ1) is 10.1. The smallest absolute Gasteiger partial charge is 0.314 e. The van der Waals surface area contributed by atoms with Crippen LogP contribution in [-0.4, -0.2) is 38.7 Å². The van der Waals surface area contributed by atoms with E-state index in [4.69, 9.17) is 0 Å². The van der Waals surface area contributed by atoms with Crippen LogP contribution < -0.4 is 21.3 Å². The average molecular weight is 298 g/mol. The Morgan fingerprint density at radius 1 is 0.952 bits per heavy atom. The second-order valence-corrected chi connectivity index (χ2v) is 5.85. The van der Waals surface area contributed by atoms with Crippen molar-refractivity contribution in [2.24, 2.45) is 11.8 Å². The molecule has 122 valence electrons. The standard InChI is InChI=1S/C15H30N4O2/c1-12-6-3-4-7-13(12)8-11-19-15(21)18-10-5-9-17-14(20)16-2/h12-13H,3-11H2,1-2H3,(H2,16,17,20)(H2,18,19,21). The lowest BCUT2D eigenvalue weighted by Gasteiger charge is -2.28. The molecule has 0 aromatic heterocycles. The Hall–Kier alpha value is -1.46. The molecule has 0 heterocycles. The van der Waals surface area contributed by atoms with E-state index >= 15 is 0 Å². The molecule has 0 bridgehead atoms. The number of nitrogens with one attached hydrogen (secondary N) is 4. The molecule has 0 radical (unpaired) electrons. The molecule has 2 unspecified atom stereocenters. The molecule has 0 saturated heterocycles. The molecule has 1 aliphatic rings. The Balaban J connectivity index is 1.97. The SMILES string of the molecule is CNC(=O)NCCCNC(=O)NCCC1CCCCC1C. The quantitative estimate of drug-likeness (QED) is 0.541. The van der Waals surface area contributed by atoms with Crippen molar-refractivity contribution in [1.29, 1.82) is 0 Å². The summed E-state index contributed by atoms with van der Waals surface area (Å²) in [5.74, 6) is 1.55. The van der Waals surface area contributed by atoms with Crippen molar-refractivity contribution in [3.63, 3.8) is 0 Å². The van der Waals surface area contributed by atoms with Crippen LogP contribution in [0.3, 0.4) is 0 Å². The van der Waals surface area contributed by atoms with Gasteiger partial charge in [0.15, 0.2) is 0 Å². The van der Waals surface area contributed by atoms with Crippen LogP contribution in [0, 0.1) is 11.8 Å². The molecule has 4 amide bonds. The lowest BCUT2D eigenvalue weighted by atomic mass is 9.79. The van der Waals surface area contributed by atoms with E-state index in [1.165, 1.54) is 25.7 Å². The number of carbonyl (C=O) groups is 2. The van der Waals surface area contributed by atoms with E-state index in [1.54, 1.807) is 7.05 Å². The summed E-state index contributed by atoms with van der Waals surface area (Å²) in [4.78, 5) is 22.5. The summed E-state index contributed by atoms with van der Waals surface area (Å²) in [5.41, 5.74) is 0. The third kappa shape index (κ3) is 7.78. The number of hydrogen-bond acceptors (Lipinski definition) is 2. The van der Waals surface area contributed by atoms with Gasteiger partial charge in [0, 0.05) is 26.7 Å². The highest BCUT2D eigenvalue weighted by Crippen LogP contribution is 2.31. The van der Waals surface area contributed by atoms with Gasteiger partial charge in [0.2, 0.25) is 0 Å². The molecule has 1 rings (SSSR count). The third-order valence-corrected chi connectivity index (χ3v) is 4.24. The number of urea groups is 2. The molecule has 0 aromatic carbocycles. The predicted molar refractivity (Wildman–Crippen MR) is 84.2 cm³/mol. The van der Waals surface area contributed by atoms with Crippen LogP contribution in [-0.2, 0) is 0 Å². The highest BCUT2D eigenvalue weighted by atomic mass is 16.2. The molecular weight excluding hydrogens is 268 g/mol. The van der Waals surface area contributed by atoms with Crippen LogP contribution in [0.5, 0.6) is 0 Å². The molecule has 0 aliphatic heterocycles. The Morgan fingerprint density at radius 2 is 1.57 bits per heavy atom. The first-order valence-corrected chi connectivity index (χ1v) is 8.10. The van der Waals surface area contributed by atoms with Crippen molar-refractivity contribution in [2.75, 3.05) is 26.7 Å². The summed E-state index contributed by atoms with van der Waals surface area (Å²) in [6.45, 7) is 4.19. The summed E-state index contributed by atoms with van der Waals surface area (Å²) in [7, 11) is 1.58. The summed E-state index contributed by atoms with van der Waals surface area (Å²) in [5, 5.41) is 10.9. The Bertz CT molecular complexity index is 323. The fourth-order valence-electron chi connectivity index (χ4n) is 2.84. The highest BCUT2D eigenvalue weighted by molar-refractivity contribution is 5.74. The van der Waals surface area contributed by atoms with Gasteiger partial charge in [0.1, 0.15) is 0 Å². The number of carbonyl (C=O) groups excluding carboxylic acids is 2. The molecule has 0 aromatic rings. The van der Waals surface area contributed by atoms with Crippen LogP contribution in [0.2, 0.25) is 0 Å². The second kappa shape index (κ2) is 10.3. The molecular formula is C15H30N4O2. The van der Waals surface area contributed by atoms with Crippen molar-refractivity contribution in [3.8, 4) is 0 Å². The molecule has 2 atom stereocenters. The lowest BCUT2D eigenvalue weighted by Crippen LogP contribution is -2.39.